The zero-order valence-corrected chi connectivity index (χ0v) is 15.5. The van der Waals surface area contributed by atoms with Crippen LogP contribution in [-0.4, -0.2) is 13.0 Å². The van der Waals surface area contributed by atoms with Crippen molar-refractivity contribution in [1.82, 2.24) is 0 Å². The zero-order chi connectivity index (χ0) is 17.5. The Hall–Kier alpha value is -1.39. The van der Waals surface area contributed by atoms with Gasteiger partial charge in [-0.3, -0.25) is 4.55 Å². The summed E-state index contributed by atoms with van der Waals surface area (Å²) in [6.45, 7) is 12.1. The molecule has 0 aromatic heterocycles. The second kappa shape index (κ2) is 6.25. The van der Waals surface area contributed by atoms with E-state index in [-0.39, 0.29) is 22.6 Å². The summed E-state index contributed by atoms with van der Waals surface area (Å²) < 4.78 is 34.6. The molecule has 2 rings (SSSR count). The fourth-order valence-corrected chi connectivity index (χ4v) is 4.43. The van der Waals surface area contributed by atoms with Crippen molar-refractivity contribution in [3.8, 4) is 0 Å². The molecule has 126 valence electrons. The molecule has 0 fully saturated rings. The molecule has 0 bridgehead atoms. The van der Waals surface area contributed by atoms with Crippen molar-refractivity contribution in [2.75, 3.05) is 0 Å². The summed E-state index contributed by atoms with van der Waals surface area (Å²) in [5, 5.41) is 1.54. The van der Waals surface area contributed by atoms with E-state index in [0.29, 0.717) is 5.39 Å². The van der Waals surface area contributed by atoms with Crippen LogP contribution < -0.4 is 0 Å². The first-order chi connectivity index (χ1) is 10.6. The molecule has 1 N–H and O–H groups in total. The van der Waals surface area contributed by atoms with Gasteiger partial charge < -0.3 is 0 Å². The minimum Gasteiger partial charge on any atom is -0.282 e. The number of benzene rings is 2. The number of hydrogen-bond acceptors (Lipinski definition) is 2. The van der Waals surface area contributed by atoms with Gasteiger partial charge in [-0.15, -0.1) is 0 Å². The Morgan fingerprint density at radius 2 is 1.43 bits per heavy atom. The first-order valence-electron chi connectivity index (χ1n) is 8.12. The predicted octanol–water partition coefficient (Wildman–Crippen LogP) is 5.46. The minimum absolute atomic E-state index is 0.00828. The molecule has 0 spiro atoms. The van der Waals surface area contributed by atoms with Gasteiger partial charge in [-0.25, -0.2) is 0 Å². The number of fused-ring (bicyclic) bond motifs is 1. The monoisotopic (exact) mass is 334 g/mol. The molecule has 0 unspecified atom stereocenters. The molecule has 0 aliphatic heterocycles. The average Bonchev–Trinajstić information content (AvgIpc) is 2.42. The average molecular weight is 334 g/mol. The molecule has 0 heterocycles. The van der Waals surface area contributed by atoms with E-state index in [1.54, 1.807) is 0 Å². The Balaban J connectivity index is 3.16. The molecule has 0 atom stereocenters. The summed E-state index contributed by atoms with van der Waals surface area (Å²) in [5.74, 6) is 0.359. The Morgan fingerprint density at radius 3 is 1.87 bits per heavy atom. The van der Waals surface area contributed by atoms with E-state index in [0.717, 1.165) is 22.1 Å². The van der Waals surface area contributed by atoms with E-state index < -0.39 is 10.1 Å². The van der Waals surface area contributed by atoms with E-state index in [2.05, 4.69) is 6.07 Å². The van der Waals surface area contributed by atoms with Gasteiger partial charge in [-0.1, -0.05) is 65.8 Å². The lowest BCUT2D eigenvalue weighted by Gasteiger charge is -2.23. The van der Waals surface area contributed by atoms with Crippen LogP contribution in [0.5, 0.6) is 0 Å². The molecule has 0 saturated carbocycles. The Bertz CT molecular complexity index is 831. The normalized spacial score (nSPS) is 12.8. The van der Waals surface area contributed by atoms with Gasteiger partial charge in [0.2, 0.25) is 0 Å². The quantitative estimate of drug-likeness (QED) is 0.756. The maximum Gasteiger partial charge on any atom is 0.295 e. The van der Waals surface area contributed by atoms with Crippen molar-refractivity contribution >= 4 is 20.9 Å². The molecule has 4 heteroatoms. The van der Waals surface area contributed by atoms with Crippen LogP contribution in [0.15, 0.2) is 29.2 Å². The predicted molar refractivity (Wildman–Crippen MR) is 96.0 cm³/mol. The number of hydrogen-bond donors (Lipinski definition) is 1. The van der Waals surface area contributed by atoms with E-state index in [4.69, 9.17) is 0 Å². The van der Waals surface area contributed by atoms with E-state index in [1.165, 1.54) is 0 Å². The molecule has 2 aromatic carbocycles. The standard InChI is InChI=1S/C19H26O3S/c1-11(2)15-9-7-8-14-10-16(12(3)4)17(13(5)6)19(18(14)15)23(20,21)22/h7-13H,1-6H3,(H,20,21,22). The van der Waals surface area contributed by atoms with Crippen LogP contribution in [0.1, 0.15) is 76.0 Å². The summed E-state index contributed by atoms with van der Waals surface area (Å²) >= 11 is 0. The van der Waals surface area contributed by atoms with Crippen molar-refractivity contribution in [1.29, 1.82) is 0 Å². The minimum atomic E-state index is -4.32. The molecular formula is C19H26O3S. The van der Waals surface area contributed by atoms with E-state index in [9.17, 15) is 13.0 Å². The topological polar surface area (TPSA) is 54.4 Å². The Labute approximate surface area is 139 Å². The molecular weight excluding hydrogens is 308 g/mol. The lowest BCUT2D eigenvalue weighted by atomic mass is 9.85. The van der Waals surface area contributed by atoms with E-state index in [1.807, 2.05) is 59.7 Å². The van der Waals surface area contributed by atoms with Crippen LogP contribution in [0.2, 0.25) is 0 Å². The third-order valence-electron chi connectivity index (χ3n) is 4.30. The maximum absolute atomic E-state index is 12.3. The third kappa shape index (κ3) is 3.29. The first-order valence-corrected chi connectivity index (χ1v) is 9.56. The lowest BCUT2D eigenvalue weighted by Crippen LogP contribution is -2.11. The van der Waals surface area contributed by atoms with Crippen molar-refractivity contribution in [2.45, 2.75) is 64.2 Å². The van der Waals surface area contributed by atoms with Crippen LogP contribution in [-0.2, 0) is 10.1 Å². The third-order valence-corrected chi connectivity index (χ3v) is 5.24. The molecule has 0 saturated heterocycles. The molecule has 0 aliphatic carbocycles. The molecule has 2 aromatic rings. The van der Waals surface area contributed by atoms with Crippen LogP contribution >= 0.6 is 0 Å². The SMILES string of the molecule is CC(C)c1cc2cccc(C(C)C)c2c(S(=O)(=O)O)c1C(C)C. The highest BCUT2D eigenvalue weighted by atomic mass is 32.2. The van der Waals surface area contributed by atoms with Crippen molar-refractivity contribution in [3.63, 3.8) is 0 Å². The zero-order valence-electron chi connectivity index (χ0n) is 14.7. The van der Waals surface area contributed by atoms with Gasteiger partial charge in [0.05, 0.1) is 0 Å². The lowest BCUT2D eigenvalue weighted by molar-refractivity contribution is 0.482. The van der Waals surface area contributed by atoms with Crippen LogP contribution in [0.25, 0.3) is 10.8 Å². The summed E-state index contributed by atoms with van der Waals surface area (Å²) in [4.78, 5) is 0.0954. The second-order valence-corrected chi connectivity index (χ2v) is 8.45. The molecule has 3 nitrogen and oxygen atoms in total. The summed E-state index contributed by atoms with van der Waals surface area (Å²) in [5.41, 5.74) is 2.68. The largest absolute Gasteiger partial charge is 0.295 e. The second-order valence-electron chi connectivity index (χ2n) is 7.09. The highest BCUT2D eigenvalue weighted by Crippen LogP contribution is 2.40. The Kier molecular flexibility index (Phi) is 4.88. The van der Waals surface area contributed by atoms with Crippen LogP contribution in [0, 0.1) is 0 Å². The van der Waals surface area contributed by atoms with Gasteiger partial charge >= 0.3 is 0 Å². The highest BCUT2D eigenvalue weighted by molar-refractivity contribution is 7.86. The van der Waals surface area contributed by atoms with Gasteiger partial charge in [0.15, 0.2) is 0 Å². The van der Waals surface area contributed by atoms with Crippen molar-refractivity contribution in [2.24, 2.45) is 0 Å². The van der Waals surface area contributed by atoms with Gasteiger partial charge in [-0.05, 0) is 39.8 Å². The van der Waals surface area contributed by atoms with E-state index >= 15 is 0 Å². The fraction of sp³-hybridized carbons (Fsp3) is 0.474. The maximum atomic E-state index is 12.3. The van der Waals surface area contributed by atoms with Gasteiger partial charge in [0.25, 0.3) is 10.1 Å². The molecule has 0 radical (unpaired) electrons. The van der Waals surface area contributed by atoms with Gasteiger partial charge in [-0.2, -0.15) is 8.42 Å². The molecule has 23 heavy (non-hydrogen) atoms. The van der Waals surface area contributed by atoms with Crippen molar-refractivity contribution in [3.05, 3.63) is 41.0 Å². The fourth-order valence-electron chi connectivity index (χ4n) is 3.30. The van der Waals surface area contributed by atoms with Crippen molar-refractivity contribution < 1.29 is 13.0 Å². The van der Waals surface area contributed by atoms with Gasteiger partial charge in [0.1, 0.15) is 4.90 Å². The summed E-state index contributed by atoms with van der Waals surface area (Å²) in [7, 11) is -4.32. The first kappa shape index (κ1) is 18.0. The Morgan fingerprint density at radius 1 is 0.870 bits per heavy atom. The molecule has 0 amide bonds. The summed E-state index contributed by atoms with van der Waals surface area (Å²) in [6.07, 6.45) is 0. The smallest absolute Gasteiger partial charge is 0.282 e. The molecule has 0 aliphatic rings. The highest BCUT2D eigenvalue weighted by Gasteiger charge is 2.27. The van der Waals surface area contributed by atoms with Crippen LogP contribution in [0.3, 0.4) is 0 Å². The van der Waals surface area contributed by atoms with Gasteiger partial charge in [0, 0.05) is 5.39 Å². The number of rotatable bonds is 4. The summed E-state index contributed by atoms with van der Waals surface area (Å²) in [6, 6.07) is 7.90. The van der Waals surface area contributed by atoms with Crippen LogP contribution in [0.4, 0.5) is 0 Å².